The van der Waals surface area contributed by atoms with Crippen LogP contribution in [-0.2, 0) is 9.59 Å². The van der Waals surface area contributed by atoms with Gasteiger partial charge in [-0.3, -0.25) is 14.5 Å². The van der Waals surface area contributed by atoms with Gasteiger partial charge in [-0.15, -0.1) is 0 Å². The summed E-state index contributed by atoms with van der Waals surface area (Å²) in [6.45, 7) is 0.439. The minimum Gasteiger partial charge on any atom is -0.378 e. The Hall–Kier alpha value is -2.08. The first-order chi connectivity index (χ1) is 15.0. The van der Waals surface area contributed by atoms with Gasteiger partial charge in [0.05, 0.1) is 6.54 Å². The third-order valence-corrected chi connectivity index (χ3v) is 7.44. The zero-order valence-corrected chi connectivity index (χ0v) is 19.1. The number of benzene rings is 1. The Labute approximate surface area is 186 Å². The predicted octanol–water partition coefficient (Wildman–Crippen LogP) is 3.77. The molecule has 2 amide bonds. The van der Waals surface area contributed by atoms with E-state index in [0.717, 1.165) is 49.9 Å². The first-order valence-corrected chi connectivity index (χ1v) is 12.1. The van der Waals surface area contributed by atoms with Crippen molar-refractivity contribution >= 4 is 23.2 Å². The van der Waals surface area contributed by atoms with Gasteiger partial charge >= 0.3 is 0 Å². The number of hydrogen-bond donors (Lipinski definition) is 2. The third kappa shape index (κ3) is 5.59. The maximum Gasteiger partial charge on any atom is 0.238 e. The number of carbonyl (C=O) groups excluding carboxylic acids is 2. The average molecular weight is 427 g/mol. The normalized spacial score (nSPS) is 26.8. The van der Waals surface area contributed by atoms with E-state index in [1.807, 2.05) is 43.3 Å². The zero-order valence-electron chi connectivity index (χ0n) is 19.1. The highest BCUT2D eigenvalue weighted by Gasteiger charge is 2.40. The van der Waals surface area contributed by atoms with Gasteiger partial charge in [0.1, 0.15) is 0 Å². The van der Waals surface area contributed by atoms with E-state index in [4.69, 9.17) is 0 Å². The lowest BCUT2D eigenvalue weighted by atomic mass is 9.81. The monoisotopic (exact) mass is 426 g/mol. The fraction of sp³-hybridized carbons (Fsp3) is 0.680. The molecule has 170 valence electrons. The van der Waals surface area contributed by atoms with Gasteiger partial charge in [-0.25, -0.2) is 0 Å². The van der Waals surface area contributed by atoms with Gasteiger partial charge in [-0.05, 0) is 62.8 Å². The smallest absolute Gasteiger partial charge is 0.238 e. The summed E-state index contributed by atoms with van der Waals surface area (Å²) in [5.74, 6) is 0.547. The highest BCUT2D eigenvalue weighted by molar-refractivity contribution is 5.92. The quantitative estimate of drug-likeness (QED) is 0.727. The second kappa shape index (κ2) is 10.0. The Morgan fingerprint density at radius 1 is 0.935 bits per heavy atom. The van der Waals surface area contributed by atoms with Gasteiger partial charge in [-0.2, -0.15) is 0 Å². The molecular formula is C25H38N4O2. The van der Waals surface area contributed by atoms with Crippen molar-refractivity contribution < 1.29 is 9.59 Å². The summed E-state index contributed by atoms with van der Waals surface area (Å²) in [5.41, 5.74) is 1.96. The molecule has 2 N–H and O–H groups in total. The molecule has 1 aromatic carbocycles. The van der Waals surface area contributed by atoms with Gasteiger partial charge in [-0.1, -0.05) is 25.7 Å². The van der Waals surface area contributed by atoms with Crippen LogP contribution in [0.5, 0.6) is 0 Å². The Balaban J connectivity index is 1.30. The third-order valence-electron chi connectivity index (χ3n) is 7.44. The zero-order chi connectivity index (χ0) is 21.8. The van der Waals surface area contributed by atoms with Crippen molar-refractivity contribution in [1.29, 1.82) is 0 Å². The van der Waals surface area contributed by atoms with E-state index < -0.39 is 0 Å². The molecule has 3 aliphatic rings. The number of hydrogen-bond acceptors (Lipinski definition) is 4. The van der Waals surface area contributed by atoms with Crippen LogP contribution in [0.2, 0.25) is 0 Å². The molecular weight excluding hydrogens is 388 g/mol. The van der Waals surface area contributed by atoms with Gasteiger partial charge in [0.15, 0.2) is 0 Å². The van der Waals surface area contributed by atoms with E-state index in [2.05, 4.69) is 15.5 Å². The van der Waals surface area contributed by atoms with Crippen LogP contribution >= 0.6 is 0 Å². The minimum absolute atomic E-state index is 0.0548. The molecule has 2 saturated heterocycles. The largest absolute Gasteiger partial charge is 0.378 e. The fourth-order valence-corrected chi connectivity index (χ4v) is 5.75. The lowest BCUT2D eigenvalue weighted by molar-refractivity contribution is -0.128. The van der Waals surface area contributed by atoms with Gasteiger partial charge in [0.2, 0.25) is 11.8 Å². The topological polar surface area (TPSA) is 64.7 Å². The Kier molecular flexibility index (Phi) is 7.16. The lowest BCUT2D eigenvalue weighted by Gasteiger charge is -2.48. The summed E-state index contributed by atoms with van der Waals surface area (Å²) in [6, 6.07) is 9.01. The number of rotatable bonds is 6. The molecule has 2 unspecified atom stereocenters. The number of carbonyl (C=O) groups is 2. The summed E-state index contributed by atoms with van der Waals surface area (Å²) in [4.78, 5) is 29.9. The molecule has 2 heterocycles. The summed E-state index contributed by atoms with van der Waals surface area (Å²) in [6.07, 6.45) is 11.2. The molecule has 1 saturated carbocycles. The van der Waals surface area contributed by atoms with E-state index in [-0.39, 0.29) is 23.8 Å². The minimum atomic E-state index is 0.0548. The fourth-order valence-electron chi connectivity index (χ4n) is 5.75. The van der Waals surface area contributed by atoms with Crippen LogP contribution in [0.4, 0.5) is 11.4 Å². The van der Waals surface area contributed by atoms with Gasteiger partial charge in [0, 0.05) is 49.5 Å². The molecule has 6 nitrogen and oxygen atoms in total. The summed E-state index contributed by atoms with van der Waals surface area (Å²) < 4.78 is 0. The van der Waals surface area contributed by atoms with Crippen LogP contribution < -0.4 is 15.5 Å². The standard InChI is InChI=1S/C25H38N4O2/c1-28(2)21-13-11-19(12-14-21)26-24(30)17-29-22-9-6-10-23(29)16-20(15-22)27-25(31)18-7-4-3-5-8-18/h11-14,18,20,22-23H,3-10,15-17H2,1-2H3,(H,26,30)(H,27,31). The molecule has 2 aliphatic heterocycles. The summed E-state index contributed by atoms with van der Waals surface area (Å²) in [5, 5.41) is 6.44. The van der Waals surface area contributed by atoms with E-state index >= 15 is 0 Å². The predicted molar refractivity (Wildman–Crippen MR) is 125 cm³/mol. The van der Waals surface area contributed by atoms with E-state index in [9.17, 15) is 9.59 Å². The van der Waals surface area contributed by atoms with E-state index in [1.54, 1.807) is 0 Å². The van der Waals surface area contributed by atoms with Gasteiger partial charge in [0.25, 0.3) is 0 Å². The van der Waals surface area contributed by atoms with Crippen molar-refractivity contribution in [2.45, 2.75) is 82.3 Å². The number of piperidine rings is 2. The first kappa shape index (κ1) is 22.1. The number of nitrogens with zero attached hydrogens (tertiary/aromatic N) is 2. The first-order valence-electron chi connectivity index (χ1n) is 12.1. The maximum absolute atomic E-state index is 12.8. The number of fused-ring (bicyclic) bond motifs is 2. The number of anilines is 2. The van der Waals surface area contributed by atoms with Crippen LogP contribution in [-0.4, -0.2) is 55.5 Å². The van der Waals surface area contributed by atoms with Gasteiger partial charge < -0.3 is 15.5 Å². The van der Waals surface area contributed by atoms with E-state index in [0.29, 0.717) is 18.6 Å². The Morgan fingerprint density at radius 2 is 1.58 bits per heavy atom. The molecule has 0 aromatic heterocycles. The van der Waals surface area contributed by atoms with Crippen molar-refractivity contribution in [2.75, 3.05) is 30.9 Å². The molecule has 6 heteroatoms. The highest BCUT2D eigenvalue weighted by Crippen LogP contribution is 2.34. The van der Waals surface area contributed by atoms with Crippen LogP contribution in [0.1, 0.15) is 64.2 Å². The second-order valence-corrected chi connectivity index (χ2v) is 9.91. The molecule has 1 aromatic rings. The maximum atomic E-state index is 12.8. The molecule has 2 atom stereocenters. The number of nitrogens with one attached hydrogen (secondary N) is 2. The molecule has 4 rings (SSSR count). The van der Waals surface area contributed by atoms with Crippen LogP contribution in [0.15, 0.2) is 24.3 Å². The van der Waals surface area contributed by atoms with Crippen LogP contribution in [0.3, 0.4) is 0 Å². The highest BCUT2D eigenvalue weighted by atomic mass is 16.2. The summed E-state index contributed by atoms with van der Waals surface area (Å²) >= 11 is 0. The van der Waals surface area contributed by atoms with E-state index in [1.165, 1.54) is 25.7 Å². The van der Waals surface area contributed by atoms with Crippen molar-refractivity contribution in [3.8, 4) is 0 Å². The van der Waals surface area contributed by atoms with Crippen molar-refractivity contribution in [3.05, 3.63) is 24.3 Å². The van der Waals surface area contributed by atoms with Crippen LogP contribution in [0, 0.1) is 5.92 Å². The second-order valence-electron chi connectivity index (χ2n) is 9.91. The Bertz CT molecular complexity index is 743. The summed E-state index contributed by atoms with van der Waals surface area (Å²) in [7, 11) is 4.01. The molecule has 31 heavy (non-hydrogen) atoms. The SMILES string of the molecule is CN(C)c1ccc(NC(=O)CN2C3CCCC2CC(NC(=O)C2CCCCC2)C3)cc1. The average Bonchev–Trinajstić information content (AvgIpc) is 2.75. The van der Waals surface area contributed by atoms with Crippen molar-refractivity contribution in [1.82, 2.24) is 10.2 Å². The molecule has 3 fully saturated rings. The molecule has 0 radical (unpaired) electrons. The molecule has 0 spiro atoms. The lowest BCUT2D eigenvalue weighted by Crippen LogP contribution is -2.58. The van der Waals surface area contributed by atoms with Crippen molar-refractivity contribution in [2.24, 2.45) is 5.92 Å². The number of amides is 2. The molecule has 1 aliphatic carbocycles. The van der Waals surface area contributed by atoms with Crippen LogP contribution in [0.25, 0.3) is 0 Å². The van der Waals surface area contributed by atoms with Crippen molar-refractivity contribution in [3.63, 3.8) is 0 Å². The Morgan fingerprint density at radius 3 is 2.19 bits per heavy atom. The molecule has 2 bridgehead atoms.